The minimum Gasteiger partial charge on any atom is -0.497 e. The molecular formula is C25H30ClN3O2. The van der Waals surface area contributed by atoms with E-state index in [1.165, 1.54) is 22.2 Å². The Morgan fingerprint density at radius 1 is 1.16 bits per heavy atom. The summed E-state index contributed by atoms with van der Waals surface area (Å²) >= 11 is 6.37. The molecule has 1 aliphatic heterocycles. The fraction of sp³-hybridized carbons (Fsp3) is 0.400. The van der Waals surface area contributed by atoms with Crippen molar-refractivity contribution in [2.24, 2.45) is 0 Å². The van der Waals surface area contributed by atoms with Gasteiger partial charge in [0.25, 0.3) is 0 Å². The molecule has 0 spiro atoms. The number of hydrogen-bond donors (Lipinski definition) is 1. The number of amides is 1. The van der Waals surface area contributed by atoms with Crippen LogP contribution in [0.25, 0.3) is 10.9 Å². The van der Waals surface area contributed by atoms with Crippen LogP contribution in [-0.2, 0) is 24.2 Å². The summed E-state index contributed by atoms with van der Waals surface area (Å²) < 4.78 is 7.75. The molecule has 31 heavy (non-hydrogen) atoms. The van der Waals surface area contributed by atoms with Crippen molar-refractivity contribution in [3.05, 3.63) is 64.3 Å². The van der Waals surface area contributed by atoms with Crippen molar-refractivity contribution in [1.82, 2.24) is 14.8 Å². The molecule has 1 aromatic heterocycles. The number of carbonyl (C=O) groups is 1. The lowest BCUT2D eigenvalue weighted by Crippen LogP contribution is -2.24. The largest absolute Gasteiger partial charge is 0.497 e. The third-order valence-corrected chi connectivity index (χ3v) is 6.66. The van der Waals surface area contributed by atoms with E-state index in [2.05, 4.69) is 46.1 Å². The average molecular weight is 440 g/mol. The molecule has 1 aliphatic rings. The molecule has 0 radical (unpaired) electrons. The highest BCUT2D eigenvalue weighted by Gasteiger charge is 2.24. The van der Waals surface area contributed by atoms with Crippen LogP contribution in [0, 0.1) is 0 Å². The molecule has 4 rings (SSSR count). The second kappa shape index (κ2) is 9.33. The number of nitrogens with zero attached hydrogens (tertiary/aromatic N) is 2. The van der Waals surface area contributed by atoms with Crippen LogP contribution in [0.4, 0.5) is 0 Å². The monoisotopic (exact) mass is 439 g/mol. The van der Waals surface area contributed by atoms with E-state index in [0.29, 0.717) is 6.42 Å². The molecule has 2 aromatic carbocycles. The van der Waals surface area contributed by atoms with Crippen molar-refractivity contribution < 1.29 is 9.53 Å². The molecule has 0 aliphatic carbocycles. The number of ether oxygens (including phenoxy) is 1. The summed E-state index contributed by atoms with van der Waals surface area (Å²) in [7, 11) is 5.54. The molecule has 1 N–H and O–H groups in total. The second-order valence-electron chi connectivity index (χ2n) is 8.35. The summed E-state index contributed by atoms with van der Waals surface area (Å²) in [5.74, 6) is 0.925. The van der Waals surface area contributed by atoms with Crippen LogP contribution in [-0.4, -0.2) is 49.7 Å². The number of carbonyl (C=O) groups excluding carboxylic acids is 1. The molecule has 0 saturated heterocycles. The quantitative estimate of drug-likeness (QED) is 0.624. The highest BCUT2D eigenvalue weighted by Crippen LogP contribution is 2.34. The smallest absolute Gasteiger partial charge is 0.220 e. The van der Waals surface area contributed by atoms with Crippen LogP contribution >= 0.6 is 11.6 Å². The minimum absolute atomic E-state index is 0.0474. The molecule has 6 heteroatoms. The maximum atomic E-state index is 12.4. The summed E-state index contributed by atoms with van der Waals surface area (Å²) in [5.41, 5.74) is 5.11. The van der Waals surface area contributed by atoms with Crippen LogP contribution in [0.2, 0.25) is 5.02 Å². The van der Waals surface area contributed by atoms with Gasteiger partial charge in [-0.3, -0.25) is 4.79 Å². The number of halogens is 1. The Morgan fingerprint density at radius 2 is 1.90 bits per heavy atom. The Morgan fingerprint density at radius 3 is 2.61 bits per heavy atom. The highest BCUT2D eigenvalue weighted by molar-refractivity contribution is 6.31. The lowest BCUT2D eigenvalue weighted by atomic mass is 9.94. The number of aromatic nitrogens is 1. The minimum atomic E-state index is 0.0474. The molecule has 1 atom stereocenters. The Hall–Kier alpha value is -2.50. The van der Waals surface area contributed by atoms with Gasteiger partial charge in [0, 0.05) is 67.1 Å². The first-order chi connectivity index (χ1) is 15.0. The third-order valence-electron chi connectivity index (χ3n) is 6.42. The van der Waals surface area contributed by atoms with Crippen LogP contribution in [0.5, 0.6) is 5.75 Å². The van der Waals surface area contributed by atoms with Crippen LogP contribution < -0.4 is 10.1 Å². The fourth-order valence-corrected chi connectivity index (χ4v) is 4.82. The van der Waals surface area contributed by atoms with E-state index in [4.69, 9.17) is 16.3 Å². The first-order valence-electron chi connectivity index (χ1n) is 10.8. The first-order valence-corrected chi connectivity index (χ1v) is 11.2. The third kappa shape index (κ3) is 4.58. The normalized spacial score (nSPS) is 15.4. The molecule has 0 fully saturated rings. The lowest BCUT2D eigenvalue weighted by Gasteiger charge is -2.21. The number of methoxy groups -OCH3 is 1. The van der Waals surface area contributed by atoms with Gasteiger partial charge < -0.3 is 19.5 Å². The first kappa shape index (κ1) is 21.7. The average Bonchev–Trinajstić information content (AvgIpc) is 2.92. The van der Waals surface area contributed by atoms with Gasteiger partial charge in [0.15, 0.2) is 0 Å². The number of fused-ring (bicyclic) bond motifs is 3. The molecule has 0 saturated carbocycles. The molecule has 5 nitrogen and oxygen atoms in total. The Balaban J connectivity index is 1.78. The lowest BCUT2D eigenvalue weighted by molar-refractivity contribution is -0.121. The summed E-state index contributed by atoms with van der Waals surface area (Å²) in [5, 5.41) is 4.80. The SMILES string of the molecule is CNC(=O)CC(Cn1c2c(c3cc(Cl)ccc31)CCN(C)CC2)c1ccc(OC)cc1. The van der Waals surface area contributed by atoms with Crippen molar-refractivity contribution in [1.29, 1.82) is 0 Å². The van der Waals surface area contributed by atoms with Gasteiger partial charge in [0.2, 0.25) is 5.91 Å². The predicted octanol–water partition coefficient (Wildman–Crippen LogP) is 4.25. The van der Waals surface area contributed by atoms with Gasteiger partial charge >= 0.3 is 0 Å². The van der Waals surface area contributed by atoms with Gasteiger partial charge in [-0.15, -0.1) is 0 Å². The number of hydrogen-bond acceptors (Lipinski definition) is 3. The number of rotatable bonds is 6. The van der Waals surface area contributed by atoms with Crippen LogP contribution in [0.3, 0.4) is 0 Å². The molecule has 1 unspecified atom stereocenters. The Kier molecular flexibility index (Phi) is 6.54. The Labute approximate surface area is 188 Å². The molecule has 2 heterocycles. The summed E-state index contributed by atoms with van der Waals surface area (Å²) in [6, 6.07) is 14.3. The molecule has 3 aromatic rings. The predicted molar refractivity (Wildman–Crippen MR) is 126 cm³/mol. The van der Waals surface area contributed by atoms with Crippen molar-refractivity contribution >= 4 is 28.4 Å². The number of benzene rings is 2. The van der Waals surface area contributed by atoms with Crippen molar-refractivity contribution in [3.8, 4) is 5.75 Å². The van der Waals surface area contributed by atoms with E-state index in [1.807, 2.05) is 18.2 Å². The van der Waals surface area contributed by atoms with E-state index >= 15 is 0 Å². The zero-order valence-corrected chi connectivity index (χ0v) is 19.2. The van der Waals surface area contributed by atoms with Gasteiger partial charge in [-0.1, -0.05) is 23.7 Å². The highest BCUT2D eigenvalue weighted by atomic mass is 35.5. The summed E-state index contributed by atoms with van der Waals surface area (Å²) in [4.78, 5) is 14.8. The van der Waals surface area contributed by atoms with E-state index in [9.17, 15) is 4.79 Å². The fourth-order valence-electron chi connectivity index (χ4n) is 4.64. The summed E-state index contributed by atoms with van der Waals surface area (Å²) in [6.07, 6.45) is 2.44. The van der Waals surface area contributed by atoms with Gasteiger partial charge in [0.1, 0.15) is 5.75 Å². The van der Waals surface area contributed by atoms with E-state index in [0.717, 1.165) is 48.8 Å². The molecular weight excluding hydrogens is 410 g/mol. The summed E-state index contributed by atoms with van der Waals surface area (Å²) in [6.45, 7) is 2.81. The Bertz CT molecular complexity index is 1070. The molecule has 0 bridgehead atoms. The van der Waals surface area contributed by atoms with Crippen molar-refractivity contribution in [2.45, 2.75) is 31.7 Å². The topological polar surface area (TPSA) is 46.5 Å². The zero-order chi connectivity index (χ0) is 22.0. The standard InChI is InChI=1S/C25H30ClN3O2/c1-27-25(30)14-18(17-4-7-20(31-3)8-5-17)16-29-23-9-6-19(26)15-22(23)21-10-12-28(2)13-11-24(21)29/h4-9,15,18H,10-14,16H2,1-3H3,(H,27,30). The van der Waals surface area contributed by atoms with Crippen molar-refractivity contribution in [3.63, 3.8) is 0 Å². The van der Waals surface area contributed by atoms with Crippen molar-refractivity contribution in [2.75, 3.05) is 34.3 Å². The maximum absolute atomic E-state index is 12.4. The second-order valence-corrected chi connectivity index (χ2v) is 8.78. The number of nitrogens with one attached hydrogen (secondary N) is 1. The van der Waals surface area contributed by atoms with Crippen LogP contribution in [0.15, 0.2) is 42.5 Å². The van der Waals surface area contributed by atoms with E-state index < -0.39 is 0 Å². The maximum Gasteiger partial charge on any atom is 0.220 e. The van der Waals surface area contributed by atoms with Crippen LogP contribution in [0.1, 0.15) is 29.2 Å². The van der Waals surface area contributed by atoms with Gasteiger partial charge in [-0.05, 0) is 54.9 Å². The molecule has 164 valence electrons. The van der Waals surface area contributed by atoms with Gasteiger partial charge in [0.05, 0.1) is 7.11 Å². The zero-order valence-electron chi connectivity index (χ0n) is 18.5. The van der Waals surface area contributed by atoms with Gasteiger partial charge in [-0.2, -0.15) is 0 Å². The van der Waals surface area contributed by atoms with E-state index in [1.54, 1.807) is 14.2 Å². The van der Waals surface area contributed by atoms with E-state index in [-0.39, 0.29) is 11.8 Å². The van der Waals surface area contributed by atoms with Gasteiger partial charge in [-0.25, -0.2) is 0 Å². The molecule has 1 amide bonds. The number of likely N-dealkylation sites (N-methyl/N-ethyl adjacent to an activating group) is 1.